The summed E-state index contributed by atoms with van der Waals surface area (Å²) >= 11 is 1.55. The van der Waals surface area contributed by atoms with Crippen molar-refractivity contribution in [1.82, 2.24) is 10.3 Å². The molecule has 0 radical (unpaired) electrons. The molecule has 0 saturated carbocycles. The zero-order valence-corrected chi connectivity index (χ0v) is 18.2. The van der Waals surface area contributed by atoms with E-state index in [0.717, 1.165) is 10.7 Å². The number of fused-ring (bicyclic) bond motifs is 1. The van der Waals surface area contributed by atoms with Crippen molar-refractivity contribution in [2.24, 2.45) is 0 Å². The molecule has 1 unspecified atom stereocenters. The van der Waals surface area contributed by atoms with E-state index in [2.05, 4.69) is 10.3 Å². The van der Waals surface area contributed by atoms with E-state index in [4.69, 9.17) is 18.9 Å². The Kier molecular flexibility index (Phi) is 6.86. The van der Waals surface area contributed by atoms with Gasteiger partial charge in [0, 0.05) is 5.38 Å². The number of carbonyl (C=O) groups excluding carboxylic acids is 2. The van der Waals surface area contributed by atoms with Crippen molar-refractivity contribution in [1.29, 1.82) is 0 Å². The average molecular weight is 455 g/mol. The smallest absolute Gasteiger partial charge is 0.338 e. The van der Waals surface area contributed by atoms with Crippen LogP contribution in [-0.2, 0) is 16.1 Å². The summed E-state index contributed by atoms with van der Waals surface area (Å²) in [6.07, 6.45) is -0.320. The molecular formula is C23H22N2O6S. The fourth-order valence-corrected chi connectivity index (χ4v) is 3.60. The third kappa shape index (κ3) is 5.76. The maximum Gasteiger partial charge on any atom is 0.338 e. The molecule has 0 saturated heterocycles. The topological polar surface area (TPSA) is 96.0 Å². The quantitative estimate of drug-likeness (QED) is 0.523. The number of aromatic nitrogens is 1. The van der Waals surface area contributed by atoms with Gasteiger partial charge in [-0.2, -0.15) is 0 Å². The number of carbonyl (C=O) groups is 2. The van der Waals surface area contributed by atoms with Crippen LogP contribution in [0.4, 0.5) is 0 Å². The van der Waals surface area contributed by atoms with Crippen LogP contribution in [0, 0.1) is 6.92 Å². The van der Waals surface area contributed by atoms with Gasteiger partial charge < -0.3 is 24.3 Å². The Balaban J connectivity index is 1.21. The van der Waals surface area contributed by atoms with Crippen LogP contribution in [0.3, 0.4) is 0 Å². The fraction of sp³-hybridized carbons (Fsp3) is 0.261. The second-order valence-corrected chi connectivity index (χ2v) is 8.11. The van der Waals surface area contributed by atoms with Gasteiger partial charge in [-0.25, -0.2) is 9.78 Å². The number of esters is 1. The van der Waals surface area contributed by atoms with Gasteiger partial charge in [-0.1, -0.05) is 18.2 Å². The summed E-state index contributed by atoms with van der Waals surface area (Å²) in [5.74, 6) is 0.797. The lowest BCUT2D eigenvalue weighted by atomic mass is 10.2. The summed E-state index contributed by atoms with van der Waals surface area (Å²) in [5.41, 5.74) is 1.12. The Bertz CT molecular complexity index is 1100. The Labute approximate surface area is 189 Å². The molecule has 8 nitrogen and oxygen atoms in total. The maximum atomic E-state index is 12.3. The van der Waals surface area contributed by atoms with E-state index in [1.807, 2.05) is 30.5 Å². The molecule has 3 aromatic rings. The lowest BCUT2D eigenvalue weighted by Crippen LogP contribution is -2.42. The first kappa shape index (κ1) is 21.6. The van der Waals surface area contributed by atoms with Gasteiger partial charge in [0.05, 0.1) is 22.8 Å². The third-order valence-corrected chi connectivity index (χ3v) is 5.37. The molecule has 166 valence electrons. The number of benzene rings is 2. The predicted molar refractivity (Wildman–Crippen MR) is 117 cm³/mol. The molecule has 0 fully saturated rings. The summed E-state index contributed by atoms with van der Waals surface area (Å²) in [5, 5.41) is 5.58. The number of hydrogen-bond donors (Lipinski definition) is 1. The van der Waals surface area contributed by atoms with Crippen molar-refractivity contribution in [2.45, 2.75) is 19.6 Å². The minimum absolute atomic E-state index is 0.240. The number of rotatable bonds is 8. The molecule has 1 amide bonds. The minimum atomic E-state index is -0.610. The lowest BCUT2D eigenvalue weighted by molar-refractivity contribution is -0.124. The Morgan fingerprint density at radius 2 is 2.03 bits per heavy atom. The molecule has 1 atom stereocenters. The van der Waals surface area contributed by atoms with Crippen molar-refractivity contribution >= 4 is 23.2 Å². The standard InChI is InChI=1S/C23H22N2O6S/c1-15-25-17(14-32-15)11-28-18-6-4-5-16(9-18)23(27)30-13-22(26)24-10-19-12-29-20-7-2-3-8-21(20)31-19/h2-9,14,19H,10-13H2,1H3,(H,24,26). The normalized spacial score (nSPS) is 14.5. The zero-order valence-electron chi connectivity index (χ0n) is 17.4. The number of nitrogens with zero attached hydrogens (tertiary/aromatic N) is 1. The van der Waals surface area contributed by atoms with E-state index in [-0.39, 0.29) is 12.6 Å². The van der Waals surface area contributed by atoms with E-state index in [0.29, 0.717) is 36.0 Å². The molecule has 2 aromatic carbocycles. The molecule has 0 spiro atoms. The first-order chi connectivity index (χ1) is 15.6. The van der Waals surface area contributed by atoms with Gasteiger partial charge in [0.2, 0.25) is 0 Å². The molecule has 1 aliphatic rings. The summed E-state index contributed by atoms with van der Waals surface area (Å²) in [4.78, 5) is 28.7. The fourth-order valence-electron chi connectivity index (χ4n) is 3.00. The predicted octanol–water partition coefficient (Wildman–Crippen LogP) is 3.14. The van der Waals surface area contributed by atoms with E-state index in [1.165, 1.54) is 0 Å². The van der Waals surface area contributed by atoms with E-state index in [1.54, 1.807) is 41.7 Å². The number of thiazole rings is 1. The van der Waals surface area contributed by atoms with E-state index >= 15 is 0 Å². The number of ether oxygens (including phenoxy) is 4. The first-order valence-electron chi connectivity index (χ1n) is 10.0. The summed E-state index contributed by atoms with van der Waals surface area (Å²) in [6.45, 7) is 2.40. The highest BCUT2D eigenvalue weighted by atomic mass is 32.1. The summed E-state index contributed by atoms with van der Waals surface area (Å²) < 4.78 is 22.2. The lowest BCUT2D eigenvalue weighted by Gasteiger charge is -2.26. The van der Waals surface area contributed by atoms with Crippen LogP contribution in [0.2, 0.25) is 0 Å². The molecule has 9 heteroatoms. The summed E-state index contributed by atoms with van der Waals surface area (Å²) in [7, 11) is 0. The van der Waals surface area contributed by atoms with E-state index in [9.17, 15) is 9.59 Å². The Morgan fingerprint density at radius 1 is 1.19 bits per heavy atom. The summed E-state index contributed by atoms with van der Waals surface area (Å²) in [6, 6.07) is 14.0. The molecule has 0 bridgehead atoms. The molecule has 1 aliphatic heterocycles. The number of aryl methyl sites for hydroxylation is 1. The van der Waals surface area contributed by atoms with Gasteiger partial charge in [0.1, 0.15) is 25.1 Å². The highest BCUT2D eigenvalue weighted by molar-refractivity contribution is 7.09. The Morgan fingerprint density at radius 3 is 2.84 bits per heavy atom. The van der Waals surface area contributed by atoms with Gasteiger partial charge in [-0.3, -0.25) is 4.79 Å². The molecule has 1 N–H and O–H groups in total. The molecule has 32 heavy (non-hydrogen) atoms. The minimum Gasteiger partial charge on any atom is -0.487 e. The van der Waals surface area contributed by atoms with Crippen LogP contribution < -0.4 is 19.5 Å². The van der Waals surface area contributed by atoms with Crippen LogP contribution in [0.15, 0.2) is 53.9 Å². The Hall–Kier alpha value is -3.59. The van der Waals surface area contributed by atoms with E-state index < -0.39 is 18.5 Å². The number of amides is 1. The van der Waals surface area contributed by atoms with Crippen molar-refractivity contribution in [3.8, 4) is 17.2 Å². The van der Waals surface area contributed by atoms with Crippen LogP contribution in [0.5, 0.6) is 17.2 Å². The van der Waals surface area contributed by atoms with Crippen LogP contribution in [0.1, 0.15) is 21.1 Å². The number of para-hydroxylation sites is 2. The highest BCUT2D eigenvalue weighted by Crippen LogP contribution is 2.30. The van der Waals surface area contributed by atoms with Gasteiger partial charge in [-0.15, -0.1) is 11.3 Å². The number of hydrogen-bond acceptors (Lipinski definition) is 8. The monoisotopic (exact) mass is 454 g/mol. The van der Waals surface area contributed by atoms with Crippen molar-refractivity contribution < 1.29 is 28.5 Å². The average Bonchev–Trinajstić information content (AvgIpc) is 3.25. The van der Waals surface area contributed by atoms with Gasteiger partial charge in [-0.05, 0) is 37.3 Å². The van der Waals surface area contributed by atoms with Gasteiger partial charge in [0.15, 0.2) is 18.1 Å². The third-order valence-electron chi connectivity index (χ3n) is 4.55. The molecule has 4 rings (SSSR count). The molecule has 2 heterocycles. The van der Waals surface area contributed by atoms with Crippen molar-refractivity contribution in [2.75, 3.05) is 19.8 Å². The largest absolute Gasteiger partial charge is 0.487 e. The van der Waals surface area contributed by atoms with Gasteiger partial charge >= 0.3 is 5.97 Å². The SMILES string of the molecule is Cc1nc(COc2cccc(C(=O)OCC(=O)NCC3COc4ccccc4O3)c2)cs1. The van der Waals surface area contributed by atoms with Gasteiger partial charge in [0.25, 0.3) is 5.91 Å². The van der Waals surface area contributed by atoms with Crippen molar-refractivity contribution in [3.63, 3.8) is 0 Å². The highest BCUT2D eigenvalue weighted by Gasteiger charge is 2.21. The maximum absolute atomic E-state index is 12.3. The molecule has 0 aliphatic carbocycles. The van der Waals surface area contributed by atoms with Crippen LogP contribution in [-0.4, -0.2) is 42.7 Å². The zero-order chi connectivity index (χ0) is 22.3. The molecular weight excluding hydrogens is 432 g/mol. The van der Waals surface area contributed by atoms with Crippen LogP contribution >= 0.6 is 11.3 Å². The van der Waals surface area contributed by atoms with Crippen molar-refractivity contribution in [3.05, 3.63) is 70.2 Å². The first-order valence-corrected chi connectivity index (χ1v) is 10.9. The second-order valence-electron chi connectivity index (χ2n) is 7.05. The van der Waals surface area contributed by atoms with Crippen LogP contribution in [0.25, 0.3) is 0 Å². The number of nitrogens with one attached hydrogen (secondary N) is 1. The second kappa shape index (κ2) is 10.1. The molecule has 1 aromatic heterocycles.